The third kappa shape index (κ3) is 6.71. The van der Waals surface area contributed by atoms with Crippen LogP contribution in [-0.4, -0.2) is 64.9 Å². The van der Waals surface area contributed by atoms with Gasteiger partial charge in [0.05, 0.1) is 12.9 Å². The fourth-order valence-electron chi connectivity index (χ4n) is 3.39. The Balaban J connectivity index is 1.17. The Hall–Kier alpha value is -2.07. The van der Waals surface area contributed by atoms with Crippen molar-refractivity contribution < 1.29 is 9.53 Å². The number of nitrogens with zero attached hydrogens (tertiary/aromatic N) is 4. The first-order valence-corrected chi connectivity index (χ1v) is 13.2. The normalized spacial score (nSPS) is 14.5. The van der Waals surface area contributed by atoms with Crippen LogP contribution in [0.4, 0.5) is 0 Å². The monoisotopic (exact) mass is 486 g/mol. The second-order valence-corrected chi connectivity index (χ2v) is 10.8. The Morgan fingerprint density at radius 2 is 1.62 bits per heavy atom. The van der Waals surface area contributed by atoms with Gasteiger partial charge in [-0.05, 0) is 23.3 Å². The minimum absolute atomic E-state index is 0.178. The molecule has 0 N–H and O–H groups in total. The molecule has 32 heavy (non-hydrogen) atoms. The van der Waals surface area contributed by atoms with Gasteiger partial charge < -0.3 is 9.64 Å². The molecular weight excluding hydrogens is 460 g/mol. The van der Waals surface area contributed by atoms with Gasteiger partial charge in [0, 0.05) is 38.5 Å². The van der Waals surface area contributed by atoms with Crippen molar-refractivity contribution in [2.24, 2.45) is 0 Å². The molecule has 0 unspecified atom stereocenters. The molecule has 0 spiro atoms. The molecule has 1 fully saturated rings. The van der Waals surface area contributed by atoms with Crippen LogP contribution in [-0.2, 0) is 17.1 Å². The van der Waals surface area contributed by atoms with Gasteiger partial charge in [0.2, 0.25) is 5.91 Å². The van der Waals surface area contributed by atoms with E-state index in [-0.39, 0.29) is 5.91 Å². The number of thioether (sulfide) groups is 2. The van der Waals surface area contributed by atoms with E-state index in [1.54, 1.807) is 30.2 Å². The standard InChI is InChI=1S/C23H26N4O2S3/c1-29-20-9-7-19(8-10-20)16-30-22-24-25-23(32-22)31-17-21(28)27-13-11-26(12-14-27)15-18-5-3-2-4-6-18/h2-10H,11-17H2,1H3. The topological polar surface area (TPSA) is 58.6 Å². The number of piperazine rings is 1. The summed E-state index contributed by atoms with van der Waals surface area (Å²) in [7, 11) is 1.67. The van der Waals surface area contributed by atoms with E-state index in [2.05, 4.69) is 51.5 Å². The van der Waals surface area contributed by atoms with Gasteiger partial charge in [-0.15, -0.1) is 10.2 Å². The van der Waals surface area contributed by atoms with Gasteiger partial charge in [0.15, 0.2) is 8.68 Å². The molecule has 168 valence electrons. The van der Waals surface area contributed by atoms with Crippen LogP contribution in [0.5, 0.6) is 5.75 Å². The van der Waals surface area contributed by atoms with Crippen molar-refractivity contribution in [3.63, 3.8) is 0 Å². The van der Waals surface area contributed by atoms with Gasteiger partial charge in [-0.3, -0.25) is 9.69 Å². The highest BCUT2D eigenvalue weighted by molar-refractivity contribution is 8.03. The summed E-state index contributed by atoms with van der Waals surface area (Å²) in [5, 5.41) is 8.50. The first-order valence-electron chi connectivity index (χ1n) is 10.5. The van der Waals surface area contributed by atoms with Crippen molar-refractivity contribution in [2.45, 2.75) is 21.0 Å². The SMILES string of the molecule is COc1ccc(CSc2nnc(SCC(=O)N3CCN(Cc4ccccc4)CC3)s2)cc1. The summed E-state index contributed by atoms with van der Waals surface area (Å²) in [5.41, 5.74) is 2.53. The molecule has 0 aliphatic carbocycles. The molecule has 6 nitrogen and oxygen atoms in total. The zero-order valence-electron chi connectivity index (χ0n) is 18.0. The molecule has 0 radical (unpaired) electrons. The molecule has 0 atom stereocenters. The summed E-state index contributed by atoms with van der Waals surface area (Å²) in [6.45, 7) is 4.34. The first-order chi connectivity index (χ1) is 15.7. The molecule has 9 heteroatoms. The van der Waals surface area contributed by atoms with E-state index in [0.717, 1.165) is 52.9 Å². The minimum atomic E-state index is 0.178. The fraction of sp³-hybridized carbons (Fsp3) is 0.348. The van der Waals surface area contributed by atoms with Crippen molar-refractivity contribution in [2.75, 3.05) is 39.0 Å². The second-order valence-electron chi connectivity index (χ2n) is 7.40. The molecule has 4 rings (SSSR count). The van der Waals surface area contributed by atoms with Crippen LogP contribution in [0.15, 0.2) is 63.3 Å². The number of ether oxygens (including phenoxy) is 1. The third-order valence-corrected chi connectivity index (χ3v) is 8.45. The number of hydrogen-bond donors (Lipinski definition) is 0. The molecule has 1 saturated heterocycles. The second kappa shape index (κ2) is 11.7. The van der Waals surface area contributed by atoms with Crippen LogP contribution in [0.1, 0.15) is 11.1 Å². The minimum Gasteiger partial charge on any atom is -0.497 e. The largest absolute Gasteiger partial charge is 0.497 e. The number of carbonyl (C=O) groups is 1. The highest BCUT2D eigenvalue weighted by Gasteiger charge is 2.21. The van der Waals surface area contributed by atoms with Gasteiger partial charge in [0.1, 0.15) is 5.75 Å². The van der Waals surface area contributed by atoms with E-state index < -0.39 is 0 Å². The van der Waals surface area contributed by atoms with Gasteiger partial charge in [-0.2, -0.15) is 0 Å². The molecule has 2 heterocycles. The van der Waals surface area contributed by atoms with Crippen molar-refractivity contribution >= 4 is 40.8 Å². The summed E-state index contributed by atoms with van der Waals surface area (Å²) >= 11 is 4.69. The Morgan fingerprint density at radius 1 is 0.938 bits per heavy atom. The molecule has 1 aliphatic rings. The smallest absolute Gasteiger partial charge is 0.233 e. The van der Waals surface area contributed by atoms with E-state index >= 15 is 0 Å². The maximum atomic E-state index is 12.6. The Morgan fingerprint density at radius 3 is 2.31 bits per heavy atom. The number of amides is 1. The van der Waals surface area contributed by atoms with Crippen LogP contribution in [0.3, 0.4) is 0 Å². The lowest BCUT2D eigenvalue weighted by Gasteiger charge is -2.34. The summed E-state index contributed by atoms with van der Waals surface area (Å²) in [6, 6.07) is 18.5. The number of rotatable bonds is 9. The average Bonchev–Trinajstić information content (AvgIpc) is 3.30. The van der Waals surface area contributed by atoms with Gasteiger partial charge in [-0.25, -0.2) is 0 Å². The predicted molar refractivity (Wildman–Crippen MR) is 131 cm³/mol. The third-order valence-electron chi connectivity index (χ3n) is 5.20. The summed E-state index contributed by atoms with van der Waals surface area (Å²) in [6.07, 6.45) is 0. The molecule has 1 aliphatic heterocycles. The number of benzene rings is 2. The van der Waals surface area contributed by atoms with E-state index in [4.69, 9.17) is 4.74 Å². The average molecular weight is 487 g/mol. The zero-order chi connectivity index (χ0) is 22.2. The predicted octanol–water partition coefficient (Wildman–Crippen LogP) is 4.28. The van der Waals surface area contributed by atoms with E-state index in [0.29, 0.717) is 5.75 Å². The van der Waals surface area contributed by atoms with Crippen molar-refractivity contribution in [1.29, 1.82) is 0 Å². The fourth-order valence-corrected chi connectivity index (χ4v) is 6.27. The van der Waals surface area contributed by atoms with Gasteiger partial charge >= 0.3 is 0 Å². The van der Waals surface area contributed by atoms with E-state index in [1.165, 1.54) is 22.9 Å². The molecule has 0 bridgehead atoms. The van der Waals surface area contributed by atoms with Crippen LogP contribution < -0.4 is 4.74 Å². The van der Waals surface area contributed by atoms with Crippen molar-refractivity contribution in [3.05, 3.63) is 65.7 Å². The zero-order valence-corrected chi connectivity index (χ0v) is 20.4. The Bertz CT molecular complexity index is 990. The number of aromatic nitrogens is 2. The van der Waals surface area contributed by atoms with Gasteiger partial charge in [-0.1, -0.05) is 77.3 Å². The lowest BCUT2D eigenvalue weighted by atomic mass is 10.2. The Labute approximate surface area is 201 Å². The van der Waals surface area contributed by atoms with Crippen molar-refractivity contribution in [1.82, 2.24) is 20.0 Å². The quantitative estimate of drug-likeness (QED) is 0.419. The molecule has 2 aromatic carbocycles. The van der Waals surface area contributed by atoms with E-state index in [9.17, 15) is 4.79 Å². The highest BCUT2D eigenvalue weighted by atomic mass is 32.2. The molecule has 3 aromatic rings. The van der Waals surface area contributed by atoms with Crippen LogP contribution in [0.25, 0.3) is 0 Å². The highest BCUT2D eigenvalue weighted by Crippen LogP contribution is 2.31. The van der Waals surface area contributed by atoms with Gasteiger partial charge in [0.25, 0.3) is 0 Å². The van der Waals surface area contributed by atoms with Crippen molar-refractivity contribution in [3.8, 4) is 5.75 Å². The maximum Gasteiger partial charge on any atom is 0.233 e. The molecular formula is C23H26N4O2S3. The van der Waals surface area contributed by atoms with E-state index in [1.807, 2.05) is 23.1 Å². The molecule has 1 amide bonds. The molecule has 0 saturated carbocycles. The van der Waals surface area contributed by atoms with Crippen LogP contribution in [0.2, 0.25) is 0 Å². The summed E-state index contributed by atoms with van der Waals surface area (Å²) < 4.78 is 6.96. The van der Waals surface area contributed by atoms with Crippen LogP contribution in [0, 0.1) is 0 Å². The number of hydrogen-bond acceptors (Lipinski definition) is 8. The summed E-state index contributed by atoms with van der Waals surface area (Å²) in [5.74, 6) is 2.28. The number of methoxy groups -OCH3 is 1. The lowest BCUT2D eigenvalue weighted by molar-refractivity contribution is -0.130. The van der Waals surface area contributed by atoms with Crippen LogP contribution >= 0.6 is 34.9 Å². The lowest BCUT2D eigenvalue weighted by Crippen LogP contribution is -2.48. The first kappa shape index (κ1) is 23.1. The number of carbonyl (C=O) groups excluding carboxylic acids is 1. The Kier molecular flexibility index (Phi) is 8.44. The summed E-state index contributed by atoms with van der Waals surface area (Å²) in [4.78, 5) is 17.0. The molecule has 1 aromatic heterocycles. The maximum absolute atomic E-state index is 12.6.